The number of hydrogen-bond acceptors (Lipinski definition) is 2. The monoisotopic (exact) mass is 412 g/mol. The van der Waals surface area contributed by atoms with E-state index in [1.54, 1.807) is 12.1 Å². The maximum absolute atomic E-state index is 9.75. The van der Waals surface area contributed by atoms with E-state index in [1.807, 2.05) is 12.1 Å². The Labute approximate surface area is 108 Å². The van der Waals surface area contributed by atoms with Crippen LogP contribution in [-0.4, -0.2) is 10.2 Å². The SMILES string of the molecule is Oc1c(I)ccc2c(O)c(I)ccc12. The van der Waals surface area contributed by atoms with Crippen molar-refractivity contribution < 1.29 is 10.2 Å². The summed E-state index contributed by atoms with van der Waals surface area (Å²) in [6, 6.07) is 7.20. The van der Waals surface area contributed by atoms with E-state index in [4.69, 9.17) is 0 Å². The molecule has 0 bridgehead atoms. The van der Waals surface area contributed by atoms with Gasteiger partial charge in [0.15, 0.2) is 0 Å². The summed E-state index contributed by atoms with van der Waals surface area (Å²) in [7, 11) is 0. The van der Waals surface area contributed by atoms with E-state index in [0.29, 0.717) is 10.8 Å². The highest BCUT2D eigenvalue weighted by molar-refractivity contribution is 14.1. The summed E-state index contributed by atoms with van der Waals surface area (Å²) in [5.41, 5.74) is 0. The predicted octanol–water partition coefficient (Wildman–Crippen LogP) is 3.46. The Bertz CT molecular complexity index is 462. The largest absolute Gasteiger partial charge is 0.506 e. The van der Waals surface area contributed by atoms with Crippen molar-refractivity contribution >= 4 is 56.0 Å². The molecule has 2 nitrogen and oxygen atoms in total. The third kappa shape index (κ3) is 1.54. The van der Waals surface area contributed by atoms with Crippen molar-refractivity contribution in [1.29, 1.82) is 0 Å². The predicted molar refractivity (Wildman–Crippen MR) is 72.7 cm³/mol. The molecule has 2 rings (SSSR count). The Morgan fingerprint density at radius 2 is 1.07 bits per heavy atom. The molecule has 0 aliphatic rings. The van der Waals surface area contributed by atoms with Crippen molar-refractivity contribution in [3.05, 3.63) is 31.4 Å². The second-order valence-corrected chi connectivity index (χ2v) is 5.21. The fourth-order valence-electron chi connectivity index (χ4n) is 1.32. The highest BCUT2D eigenvalue weighted by atomic mass is 127. The summed E-state index contributed by atoms with van der Waals surface area (Å²) in [5, 5.41) is 20.9. The van der Waals surface area contributed by atoms with Crippen LogP contribution in [0, 0.1) is 7.14 Å². The van der Waals surface area contributed by atoms with Gasteiger partial charge in [0, 0.05) is 10.8 Å². The molecule has 0 saturated carbocycles. The van der Waals surface area contributed by atoms with Gasteiger partial charge in [-0.1, -0.05) is 0 Å². The van der Waals surface area contributed by atoms with Crippen LogP contribution in [0.3, 0.4) is 0 Å². The molecule has 0 atom stereocenters. The van der Waals surface area contributed by atoms with Crippen LogP contribution < -0.4 is 0 Å². The molecule has 4 heteroatoms. The summed E-state index contributed by atoms with van der Waals surface area (Å²) in [5.74, 6) is 0.463. The summed E-state index contributed by atoms with van der Waals surface area (Å²) in [6.45, 7) is 0. The fraction of sp³-hybridized carbons (Fsp3) is 0. The van der Waals surface area contributed by atoms with E-state index in [9.17, 15) is 10.2 Å². The first-order valence-corrected chi connectivity index (χ1v) is 6.05. The molecule has 2 aromatic rings. The van der Waals surface area contributed by atoms with Gasteiger partial charge in [0.25, 0.3) is 0 Å². The van der Waals surface area contributed by atoms with Crippen LogP contribution in [0.15, 0.2) is 24.3 Å². The van der Waals surface area contributed by atoms with Gasteiger partial charge in [0.2, 0.25) is 0 Å². The molecule has 0 fully saturated rings. The number of benzene rings is 2. The lowest BCUT2D eigenvalue weighted by Gasteiger charge is -2.06. The molecule has 2 aromatic carbocycles. The van der Waals surface area contributed by atoms with Gasteiger partial charge in [-0.05, 0) is 69.4 Å². The average molecular weight is 412 g/mol. The van der Waals surface area contributed by atoms with Crippen molar-refractivity contribution in [3.8, 4) is 11.5 Å². The number of aromatic hydroxyl groups is 2. The second kappa shape index (κ2) is 3.73. The van der Waals surface area contributed by atoms with Gasteiger partial charge in [-0.2, -0.15) is 0 Å². The highest BCUT2D eigenvalue weighted by Crippen LogP contribution is 2.36. The van der Waals surface area contributed by atoms with Crippen LogP contribution in [0.1, 0.15) is 0 Å². The number of rotatable bonds is 0. The molecular weight excluding hydrogens is 406 g/mol. The third-order valence-electron chi connectivity index (χ3n) is 2.05. The molecule has 0 heterocycles. The van der Waals surface area contributed by atoms with Crippen LogP contribution in [-0.2, 0) is 0 Å². The zero-order valence-electron chi connectivity index (χ0n) is 6.96. The second-order valence-electron chi connectivity index (χ2n) is 2.89. The lowest BCUT2D eigenvalue weighted by Crippen LogP contribution is -1.81. The molecule has 2 N–H and O–H groups in total. The van der Waals surface area contributed by atoms with Crippen LogP contribution in [0.4, 0.5) is 0 Å². The van der Waals surface area contributed by atoms with Gasteiger partial charge in [0.1, 0.15) is 11.5 Å². The molecule has 14 heavy (non-hydrogen) atoms. The van der Waals surface area contributed by atoms with Gasteiger partial charge in [-0.3, -0.25) is 0 Å². The molecular formula is C10H6I2O2. The highest BCUT2D eigenvalue weighted by Gasteiger charge is 2.09. The minimum absolute atomic E-state index is 0.231. The smallest absolute Gasteiger partial charge is 0.136 e. The molecule has 0 aromatic heterocycles. The molecule has 0 radical (unpaired) electrons. The van der Waals surface area contributed by atoms with E-state index < -0.39 is 0 Å². The first kappa shape index (κ1) is 10.3. The molecule has 0 aliphatic heterocycles. The van der Waals surface area contributed by atoms with Crippen LogP contribution in [0.2, 0.25) is 0 Å². The average Bonchev–Trinajstić information content (AvgIpc) is 2.17. The number of fused-ring (bicyclic) bond motifs is 1. The van der Waals surface area contributed by atoms with Crippen LogP contribution >= 0.6 is 45.2 Å². The molecule has 0 saturated heterocycles. The molecule has 0 amide bonds. The van der Waals surface area contributed by atoms with E-state index in [0.717, 1.165) is 7.14 Å². The lowest BCUT2D eigenvalue weighted by atomic mass is 10.1. The number of phenols is 2. The summed E-state index contributed by atoms with van der Waals surface area (Å²) in [4.78, 5) is 0. The normalized spacial score (nSPS) is 10.7. The minimum atomic E-state index is 0.231. The van der Waals surface area contributed by atoms with Crippen molar-refractivity contribution in [1.82, 2.24) is 0 Å². The van der Waals surface area contributed by atoms with E-state index in [2.05, 4.69) is 45.2 Å². The van der Waals surface area contributed by atoms with Crippen molar-refractivity contribution in [2.45, 2.75) is 0 Å². The maximum atomic E-state index is 9.75. The summed E-state index contributed by atoms with van der Waals surface area (Å²) >= 11 is 4.12. The van der Waals surface area contributed by atoms with Crippen molar-refractivity contribution in [2.24, 2.45) is 0 Å². The third-order valence-corrected chi connectivity index (χ3v) is 3.79. The van der Waals surface area contributed by atoms with Gasteiger partial charge in [-0.25, -0.2) is 0 Å². The Hall–Kier alpha value is -0.240. The van der Waals surface area contributed by atoms with Gasteiger partial charge < -0.3 is 10.2 Å². The molecule has 0 unspecified atom stereocenters. The first-order valence-electron chi connectivity index (χ1n) is 3.90. The fourth-order valence-corrected chi connectivity index (χ4v) is 2.26. The molecule has 72 valence electrons. The first-order chi connectivity index (χ1) is 6.61. The molecule has 0 spiro atoms. The standard InChI is InChI=1S/C10H6I2O2/c11-7-3-1-5-6(10(7)14)2-4-8(12)9(5)13/h1-4,13-14H. The maximum Gasteiger partial charge on any atom is 0.136 e. The Kier molecular flexibility index (Phi) is 2.74. The van der Waals surface area contributed by atoms with Crippen LogP contribution in [0.5, 0.6) is 11.5 Å². The minimum Gasteiger partial charge on any atom is -0.506 e. The zero-order chi connectivity index (χ0) is 10.3. The van der Waals surface area contributed by atoms with Gasteiger partial charge in [-0.15, -0.1) is 0 Å². The van der Waals surface area contributed by atoms with E-state index >= 15 is 0 Å². The number of phenolic OH excluding ortho intramolecular Hbond substituents is 2. The van der Waals surface area contributed by atoms with Gasteiger partial charge in [0.05, 0.1) is 7.14 Å². The zero-order valence-corrected chi connectivity index (χ0v) is 11.3. The lowest BCUT2D eigenvalue weighted by molar-refractivity contribution is 0.471. The molecule has 0 aliphatic carbocycles. The quantitative estimate of drug-likeness (QED) is 0.652. The Morgan fingerprint density at radius 1 is 0.714 bits per heavy atom. The van der Waals surface area contributed by atoms with Crippen molar-refractivity contribution in [3.63, 3.8) is 0 Å². The summed E-state index contributed by atoms with van der Waals surface area (Å²) < 4.78 is 1.58. The van der Waals surface area contributed by atoms with E-state index in [1.165, 1.54) is 0 Å². The van der Waals surface area contributed by atoms with Gasteiger partial charge >= 0.3 is 0 Å². The Balaban J connectivity index is 2.94. The summed E-state index contributed by atoms with van der Waals surface area (Å²) in [6.07, 6.45) is 0. The number of halogens is 2. The van der Waals surface area contributed by atoms with Crippen LogP contribution in [0.25, 0.3) is 10.8 Å². The number of hydrogen-bond donors (Lipinski definition) is 2. The van der Waals surface area contributed by atoms with E-state index in [-0.39, 0.29) is 11.5 Å². The van der Waals surface area contributed by atoms with Crippen molar-refractivity contribution in [2.75, 3.05) is 0 Å². The topological polar surface area (TPSA) is 40.5 Å². The Morgan fingerprint density at radius 3 is 1.43 bits per heavy atom.